The lowest BCUT2D eigenvalue weighted by molar-refractivity contribution is -0.139. The second-order valence-corrected chi connectivity index (χ2v) is 7.86. The van der Waals surface area contributed by atoms with E-state index in [1.165, 1.54) is 6.07 Å². The van der Waals surface area contributed by atoms with Crippen molar-refractivity contribution >= 4 is 28.5 Å². The van der Waals surface area contributed by atoms with E-state index in [4.69, 9.17) is 21.4 Å². The van der Waals surface area contributed by atoms with Crippen molar-refractivity contribution in [2.24, 2.45) is 0 Å². The SMILES string of the molecule is O=C(O)C[C@@H]1CCn2c1c(Cl)c1cc(OCc3ccc(OCF)c(C(F)(F)F)c3)ccc12. The number of ether oxygens (including phenoxy) is 2. The van der Waals surface area contributed by atoms with Crippen molar-refractivity contribution in [2.45, 2.75) is 38.1 Å². The lowest BCUT2D eigenvalue weighted by atomic mass is 10.0. The zero-order chi connectivity index (χ0) is 23.0. The van der Waals surface area contributed by atoms with Crippen molar-refractivity contribution in [1.29, 1.82) is 0 Å². The number of fused-ring (bicyclic) bond motifs is 3. The van der Waals surface area contributed by atoms with Gasteiger partial charge >= 0.3 is 12.1 Å². The number of aromatic nitrogens is 1. The number of nitrogens with zero attached hydrogens (tertiary/aromatic N) is 1. The Balaban J connectivity index is 1.57. The summed E-state index contributed by atoms with van der Waals surface area (Å²) in [5, 5.41) is 10.3. The van der Waals surface area contributed by atoms with Gasteiger partial charge in [-0.25, -0.2) is 4.39 Å². The van der Waals surface area contributed by atoms with Gasteiger partial charge in [0.15, 0.2) is 0 Å². The van der Waals surface area contributed by atoms with Gasteiger partial charge in [0.1, 0.15) is 18.1 Å². The summed E-state index contributed by atoms with van der Waals surface area (Å²) in [7, 11) is 0. The van der Waals surface area contributed by atoms with Gasteiger partial charge in [0.05, 0.1) is 22.5 Å². The molecule has 170 valence electrons. The van der Waals surface area contributed by atoms with Gasteiger partial charge in [-0.1, -0.05) is 17.7 Å². The molecule has 0 amide bonds. The Morgan fingerprint density at radius 3 is 2.66 bits per heavy atom. The summed E-state index contributed by atoms with van der Waals surface area (Å²) in [5.74, 6) is -1.26. The lowest BCUT2D eigenvalue weighted by Gasteiger charge is -2.14. The molecule has 0 saturated carbocycles. The maximum absolute atomic E-state index is 13.2. The average Bonchev–Trinajstić information content (AvgIpc) is 3.25. The third-order valence-electron chi connectivity index (χ3n) is 5.48. The highest BCUT2D eigenvalue weighted by atomic mass is 35.5. The van der Waals surface area contributed by atoms with Crippen LogP contribution in [0.2, 0.25) is 5.02 Å². The van der Waals surface area contributed by atoms with E-state index >= 15 is 0 Å². The van der Waals surface area contributed by atoms with Gasteiger partial charge in [-0.3, -0.25) is 4.79 Å². The van der Waals surface area contributed by atoms with Gasteiger partial charge < -0.3 is 19.1 Å². The first-order valence-corrected chi connectivity index (χ1v) is 10.1. The first-order valence-electron chi connectivity index (χ1n) is 9.74. The molecule has 0 unspecified atom stereocenters. The van der Waals surface area contributed by atoms with Gasteiger partial charge in [0.25, 0.3) is 0 Å². The van der Waals surface area contributed by atoms with Crippen LogP contribution in [0.4, 0.5) is 17.6 Å². The molecule has 1 N–H and O–H groups in total. The van der Waals surface area contributed by atoms with E-state index in [0.717, 1.165) is 23.3 Å². The Bertz CT molecular complexity index is 1170. The summed E-state index contributed by atoms with van der Waals surface area (Å²) in [6.07, 6.45) is -4.02. The summed E-state index contributed by atoms with van der Waals surface area (Å²) in [6, 6.07) is 8.45. The zero-order valence-electron chi connectivity index (χ0n) is 16.6. The molecule has 2 heterocycles. The quantitative estimate of drug-likeness (QED) is 0.419. The Kier molecular flexibility index (Phi) is 5.94. The summed E-state index contributed by atoms with van der Waals surface area (Å²) in [4.78, 5) is 11.1. The fourth-order valence-electron chi connectivity index (χ4n) is 4.11. The molecule has 0 fully saturated rings. The number of carboxylic acid groups (broad SMARTS) is 1. The molecule has 0 aliphatic carbocycles. The molecule has 0 saturated heterocycles. The van der Waals surface area contributed by atoms with Crippen molar-refractivity contribution in [3.05, 3.63) is 58.2 Å². The highest BCUT2D eigenvalue weighted by Gasteiger charge is 2.35. The van der Waals surface area contributed by atoms with Crippen LogP contribution in [0, 0.1) is 0 Å². The smallest absolute Gasteiger partial charge is 0.419 e. The normalized spacial score (nSPS) is 15.7. The molecular formula is C22H18ClF4NO4. The standard InChI is InChI=1S/C22H18ClF4NO4/c23-20-15-9-14(2-3-17(15)28-6-5-13(21(20)28)8-19(29)30)31-10-12-1-4-18(32-11-24)16(7-12)22(25,26)27/h1-4,7,9,13H,5-6,8,10-11H2,(H,29,30)/t13-/m0/s1. The molecule has 2 aromatic carbocycles. The Morgan fingerprint density at radius 2 is 1.97 bits per heavy atom. The average molecular weight is 472 g/mol. The second kappa shape index (κ2) is 8.54. The number of hydrogen-bond acceptors (Lipinski definition) is 3. The molecule has 1 aliphatic rings. The van der Waals surface area contributed by atoms with Gasteiger partial charge in [-0.15, -0.1) is 0 Å². The molecule has 5 nitrogen and oxygen atoms in total. The third kappa shape index (κ3) is 4.21. The van der Waals surface area contributed by atoms with E-state index < -0.39 is 30.3 Å². The first kappa shape index (κ1) is 22.3. The number of aliphatic carboxylic acids is 1. The molecule has 1 aliphatic heterocycles. The number of alkyl halides is 4. The van der Waals surface area contributed by atoms with E-state index in [9.17, 15) is 22.4 Å². The lowest BCUT2D eigenvalue weighted by Crippen LogP contribution is -2.10. The van der Waals surface area contributed by atoms with Crippen LogP contribution in [-0.4, -0.2) is 22.5 Å². The van der Waals surface area contributed by atoms with E-state index in [1.807, 2.05) is 4.57 Å². The minimum absolute atomic E-state index is 0.0109. The van der Waals surface area contributed by atoms with Crippen LogP contribution in [0.5, 0.6) is 11.5 Å². The first-order chi connectivity index (χ1) is 15.2. The van der Waals surface area contributed by atoms with Gasteiger partial charge in [0.2, 0.25) is 6.86 Å². The summed E-state index contributed by atoms with van der Waals surface area (Å²) < 4.78 is 64.1. The van der Waals surface area contributed by atoms with E-state index in [0.29, 0.717) is 29.1 Å². The summed E-state index contributed by atoms with van der Waals surface area (Å²) in [6.45, 7) is -0.865. The largest absolute Gasteiger partial charge is 0.489 e. The highest BCUT2D eigenvalue weighted by Crippen LogP contribution is 2.43. The fourth-order valence-corrected chi connectivity index (χ4v) is 4.52. The molecule has 1 atom stereocenters. The molecular weight excluding hydrogens is 454 g/mol. The number of carbonyl (C=O) groups is 1. The van der Waals surface area contributed by atoms with E-state index in [1.54, 1.807) is 18.2 Å². The molecule has 4 rings (SSSR count). The van der Waals surface area contributed by atoms with Crippen LogP contribution < -0.4 is 9.47 Å². The van der Waals surface area contributed by atoms with Crippen LogP contribution in [-0.2, 0) is 24.1 Å². The number of rotatable bonds is 7. The number of hydrogen-bond donors (Lipinski definition) is 1. The number of carboxylic acids is 1. The van der Waals surface area contributed by atoms with E-state index in [-0.39, 0.29) is 24.5 Å². The predicted octanol–water partition coefficient (Wildman–Crippen LogP) is 6.16. The Morgan fingerprint density at radius 1 is 1.19 bits per heavy atom. The molecule has 0 radical (unpaired) electrons. The molecule has 10 heteroatoms. The second-order valence-electron chi connectivity index (χ2n) is 7.48. The van der Waals surface area contributed by atoms with Crippen molar-refractivity contribution in [3.8, 4) is 11.5 Å². The minimum Gasteiger partial charge on any atom is -0.489 e. The molecule has 0 spiro atoms. The Hall–Kier alpha value is -2.94. The van der Waals surface area contributed by atoms with Crippen molar-refractivity contribution < 1.29 is 36.9 Å². The summed E-state index contributed by atoms with van der Waals surface area (Å²) in [5.41, 5.74) is 0.774. The zero-order valence-corrected chi connectivity index (χ0v) is 17.3. The van der Waals surface area contributed by atoms with Gasteiger partial charge in [0, 0.05) is 23.5 Å². The summed E-state index contributed by atoms with van der Waals surface area (Å²) >= 11 is 6.55. The van der Waals surface area contributed by atoms with Crippen molar-refractivity contribution in [1.82, 2.24) is 4.57 Å². The highest BCUT2D eigenvalue weighted by molar-refractivity contribution is 6.36. The Labute approximate surface area is 185 Å². The topological polar surface area (TPSA) is 60.7 Å². The van der Waals surface area contributed by atoms with Crippen LogP contribution in [0.15, 0.2) is 36.4 Å². The van der Waals surface area contributed by atoms with E-state index in [2.05, 4.69) is 4.74 Å². The molecule has 32 heavy (non-hydrogen) atoms. The third-order valence-corrected chi connectivity index (χ3v) is 5.88. The maximum Gasteiger partial charge on any atom is 0.419 e. The molecule has 0 bridgehead atoms. The monoisotopic (exact) mass is 471 g/mol. The number of benzene rings is 2. The van der Waals surface area contributed by atoms with Gasteiger partial charge in [-0.2, -0.15) is 13.2 Å². The maximum atomic E-state index is 13.2. The molecule has 3 aromatic rings. The predicted molar refractivity (Wildman–Crippen MR) is 109 cm³/mol. The van der Waals surface area contributed by atoms with Crippen LogP contribution in [0.3, 0.4) is 0 Å². The van der Waals surface area contributed by atoms with Crippen LogP contribution in [0.1, 0.15) is 35.6 Å². The van der Waals surface area contributed by atoms with Gasteiger partial charge in [-0.05, 0) is 42.3 Å². The van der Waals surface area contributed by atoms with Crippen LogP contribution in [0.25, 0.3) is 10.9 Å². The minimum atomic E-state index is -4.70. The number of halogens is 5. The fraction of sp³-hybridized carbons (Fsp3) is 0.318. The number of aryl methyl sites for hydroxylation is 1. The molecule has 1 aromatic heterocycles. The van der Waals surface area contributed by atoms with Crippen molar-refractivity contribution in [2.75, 3.05) is 6.86 Å². The van der Waals surface area contributed by atoms with Crippen molar-refractivity contribution in [3.63, 3.8) is 0 Å². The van der Waals surface area contributed by atoms with Crippen LogP contribution >= 0.6 is 11.6 Å².